The van der Waals surface area contributed by atoms with Gasteiger partial charge >= 0.3 is 0 Å². The van der Waals surface area contributed by atoms with Gasteiger partial charge in [-0.1, -0.05) is 115 Å². The van der Waals surface area contributed by atoms with E-state index in [1.54, 1.807) is 0 Å². The molecule has 0 atom stereocenters. The molecule has 3 heterocycles. The van der Waals surface area contributed by atoms with Crippen molar-refractivity contribution in [2.45, 2.75) is 0 Å². The van der Waals surface area contributed by atoms with Crippen LogP contribution < -0.4 is 0 Å². The Morgan fingerprint density at radius 2 is 1.00 bits per heavy atom. The molecule has 0 aliphatic heterocycles. The van der Waals surface area contributed by atoms with Crippen LogP contribution in [0.15, 0.2) is 158 Å². The number of rotatable bonds is 4. The molecule has 0 bridgehead atoms. The van der Waals surface area contributed by atoms with Crippen LogP contribution in [0.25, 0.3) is 92.6 Å². The predicted molar refractivity (Wildman–Crippen MR) is 201 cm³/mol. The van der Waals surface area contributed by atoms with Crippen molar-refractivity contribution in [2.24, 2.45) is 0 Å². The van der Waals surface area contributed by atoms with E-state index in [0.717, 1.165) is 38.3 Å². The van der Waals surface area contributed by atoms with E-state index in [9.17, 15) is 0 Å². The molecule has 0 spiro atoms. The van der Waals surface area contributed by atoms with Crippen molar-refractivity contribution in [3.63, 3.8) is 0 Å². The lowest BCUT2D eigenvalue weighted by molar-refractivity contribution is 0.953. The third-order valence-electron chi connectivity index (χ3n) is 9.25. The summed E-state index contributed by atoms with van der Waals surface area (Å²) in [5.74, 6) is 1.88. The molecule has 10 rings (SSSR count). The molecule has 48 heavy (non-hydrogen) atoms. The number of benzene rings is 7. The van der Waals surface area contributed by atoms with Gasteiger partial charge in [0.2, 0.25) is 5.95 Å². The van der Waals surface area contributed by atoms with Crippen LogP contribution in [0.3, 0.4) is 0 Å². The quantitative estimate of drug-likeness (QED) is 0.194. The van der Waals surface area contributed by atoms with Gasteiger partial charge in [0.15, 0.2) is 11.6 Å². The van der Waals surface area contributed by atoms with Gasteiger partial charge in [-0.2, -0.15) is 9.97 Å². The van der Waals surface area contributed by atoms with Gasteiger partial charge in [0.1, 0.15) is 0 Å². The zero-order valence-corrected chi connectivity index (χ0v) is 26.5. The molecule has 224 valence electrons. The number of fused-ring (bicyclic) bond motifs is 7. The summed E-state index contributed by atoms with van der Waals surface area (Å²) >= 11 is 1.85. The molecule has 3 aromatic heterocycles. The fourth-order valence-corrected chi connectivity index (χ4v) is 8.00. The first kappa shape index (κ1) is 27.0. The van der Waals surface area contributed by atoms with Crippen molar-refractivity contribution in [3.8, 4) is 39.9 Å². The Morgan fingerprint density at radius 3 is 1.88 bits per heavy atom. The average Bonchev–Trinajstić information content (AvgIpc) is 3.70. The summed E-state index contributed by atoms with van der Waals surface area (Å²) in [4.78, 5) is 15.3. The summed E-state index contributed by atoms with van der Waals surface area (Å²) in [5.41, 5.74) is 6.39. The van der Waals surface area contributed by atoms with Crippen molar-refractivity contribution < 1.29 is 0 Å². The van der Waals surface area contributed by atoms with Gasteiger partial charge in [0.05, 0.1) is 11.0 Å². The first-order valence-electron chi connectivity index (χ1n) is 16.0. The fraction of sp³-hybridized carbons (Fsp3) is 0. The van der Waals surface area contributed by atoms with E-state index in [0.29, 0.717) is 17.6 Å². The number of para-hydroxylation sites is 1. The first-order chi connectivity index (χ1) is 23.8. The number of nitrogens with zero attached hydrogens (tertiary/aromatic N) is 4. The normalized spacial score (nSPS) is 11.8. The number of aromatic nitrogens is 4. The lowest BCUT2D eigenvalue weighted by Gasteiger charge is -2.11. The summed E-state index contributed by atoms with van der Waals surface area (Å²) in [7, 11) is 0. The smallest absolute Gasteiger partial charge is 0.238 e. The molecular weight excluding hydrogens is 605 g/mol. The highest BCUT2D eigenvalue weighted by atomic mass is 32.1. The Balaban J connectivity index is 1.19. The van der Waals surface area contributed by atoms with E-state index in [-0.39, 0.29) is 0 Å². The molecule has 0 aliphatic rings. The number of hydrogen-bond acceptors (Lipinski definition) is 4. The maximum absolute atomic E-state index is 5.16. The minimum atomic E-state index is 0.595. The number of hydrogen-bond donors (Lipinski definition) is 0. The lowest BCUT2D eigenvalue weighted by Crippen LogP contribution is -2.06. The van der Waals surface area contributed by atoms with Crippen LogP contribution in [-0.2, 0) is 0 Å². The highest BCUT2D eigenvalue weighted by Crippen LogP contribution is 2.39. The van der Waals surface area contributed by atoms with Crippen LogP contribution in [0.2, 0.25) is 0 Å². The second kappa shape index (κ2) is 10.7. The van der Waals surface area contributed by atoms with Gasteiger partial charge in [0.25, 0.3) is 0 Å². The SMILES string of the molecule is c1ccc(-c2nc(-c3ccc4ccccc4c3)nc(-n3c4ccccc4c4cc(-c5ccc6sc7ccccc7c6c5)ccc43)n2)cc1. The van der Waals surface area contributed by atoms with Crippen molar-refractivity contribution in [1.82, 2.24) is 19.5 Å². The van der Waals surface area contributed by atoms with Crippen LogP contribution in [-0.4, -0.2) is 19.5 Å². The minimum Gasteiger partial charge on any atom is -0.278 e. The summed E-state index contributed by atoms with van der Waals surface area (Å²) in [6.45, 7) is 0. The molecule has 0 saturated heterocycles. The molecule has 5 heteroatoms. The van der Waals surface area contributed by atoms with Gasteiger partial charge in [0, 0.05) is 42.1 Å². The third kappa shape index (κ3) is 4.33. The van der Waals surface area contributed by atoms with Crippen LogP contribution >= 0.6 is 11.3 Å². The Hall–Kier alpha value is -6.17. The molecule has 0 amide bonds. The zero-order chi connectivity index (χ0) is 31.6. The van der Waals surface area contributed by atoms with Gasteiger partial charge in [-0.3, -0.25) is 4.57 Å². The van der Waals surface area contributed by atoms with Crippen LogP contribution in [0.1, 0.15) is 0 Å². The molecule has 0 saturated carbocycles. The molecular formula is C43H26N4S. The van der Waals surface area contributed by atoms with Crippen molar-refractivity contribution in [2.75, 3.05) is 0 Å². The predicted octanol–water partition coefficient (Wildman–Crippen LogP) is 11.5. The van der Waals surface area contributed by atoms with Crippen molar-refractivity contribution in [1.29, 1.82) is 0 Å². The van der Waals surface area contributed by atoms with E-state index in [4.69, 9.17) is 15.0 Å². The van der Waals surface area contributed by atoms with E-state index < -0.39 is 0 Å². The Kier molecular flexibility index (Phi) is 6.01. The zero-order valence-electron chi connectivity index (χ0n) is 25.7. The van der Waals surface area contributed by atoms with Gasteiger partial charge < -0.3 is 0 Å². The van der Waals surface area contributed by atoms with E-state index in [1.165, 1.54) is 36.7 Å². The van der Waals surface area contributed by atoms with E-state index >= 15 is 0 Å². The maximum Gasteiger partial charge on any atom is 0.238 e. The molecule has 0 radical (unpaired) electrons. The van der Waals surface area contributed by atoms with Crippen LogP contribution in [0, 0.1) is 0 Å². The highest BCUT2D eigenvalue weighted by molar-refractivity contribution is 7.25. The Morgan fingerprint density at radius 1 is 0.375 bits per heavy atom. The standard InChI is InChI=1S/C43H26N4S/c1-2-11-28(12-3-1)41-44-42(32-19-18-27-10-4-5-13-29(27)24-32)46-43(45-41)47-37-16-8-6-14-33(37)35-25-30(20-22-38(35)47)31-21-23-40-36(26-31)34-15-7-9-17-39(34)48-40/h1-26H. The first-order valence-corrected chi connectivity index (χ1v) is 16.8. The molecule has 0 N–H and O–H groups in total. The summed E-state index contributed by atoms with van der Waals surface area (Å²) < 4.78 is 4.81. The van der Waals surface area contributed by atoms with Crippen LogP contribution in [0.4, 0.5) is 0 Å². The lowest BCUT2D eigenvalue weighted by atomic mass is 10.0. The second-order valence-electron chi connectivity index (χ2n) is 12.1. The molecule has 10 aromatic rings. The average molecular weight is 631 g/mol. The second-order valence-corrected chi connectivity index (χ2v) is 13.2. The molecule has 0 fully saturated rings. The topological polar surface area (TPSA) is 43.6 Å². The Bertz CT molecular complexity index is 2850. The molecule has 4 nitrogen and oxygen atoms in total. The number of thiophene rings is 1. The van der Waals surface area contributed by atoms with Crippen LogP contribution in [0.5, 0.6) is 0 Å². The van der Waals surface area contributed by atoms with Crippen molar-refractivity contribution >= 4 is 64.1 Å². The highest BCUT2D eigenvalue weighted by Gasteiger charge is 2.19. The molecule has 0 unspecified atom stereocenters. The van der Waals surface area contributed by atoms with Gasteiger partial charge in [-0.15, -0.1) is 11.3 Å². The Labute approximate surface area is 280 Å². The van der Waals surface area contributed by atoms with E-state index in [2.05, 4.69) is 144 Å². The third-order valence-corrected chi connectivity index (χ3v) is 10.4. The minimum absolute atomic E-state index is 0.595. The monoisotopic (exact) mass is 630 g/mol. The molecule has 7 aromatic carbocycles. The van der Waals surface area contributed by atoms with E-state index in [1.807, 2.05) is 29.5 Å². The largest absolute Gasteiger partial charge is 0.278 e. The van der Waals surface area contributed by atoms with Crippen molar-refractivity contribution in [3.05, 3.63) is 158 Å². The summed E-state index contributed by atoms with van der Waals surface area (Å²) in [6, 6.07) is 55.7. The summed E-state index contributed by atoms with van der Waals surface area (Å²) in [6.07, 6.45) is 0. The fourth-order valence-electron chi connectivity index (χ4n) is 6.91. The summed E-state index contributed by atoms with van der Waals surface area (Å²) in [5, 5.41) is 7.26. The van der Waals surface area contributed by atoms with Gasteiger partial charge in [-0.25, -0.2) is 4.98 Å². The van der Waals surface area contributed by atoms with Gasteiger partial charge in [-0.05, 0) is 64.4 Å². The molecule has 0 aliphatic carbocycles. The maximum atomic E-state index is 5.16.